The summed E-state index contributed by atoms with van der Waals surface area (Å²) < 4.78 is 4.66. The fourth-order valence-corrected chi connectivity index (χ4v) is 4.24. The first-order chi connectivity index (χ1) is 13.2. The molecular weight excluding hydrogens is 384 g/mol. The van der Waals surface area contributed by atoms with Gasteiger partial charge in [0.1, 0.15) is 5.03 Å². The summed E-state index contributed by atoms with van der Waals surface area (Å²) in [6.45, 7) is 1.88. The van der Waals surface area contributed by atoms with Crippen molar-refractivity contribution in [1.29, 1.82) is 0 Å². The standard InChI is InChI=1S/C18H20N4O3S2/c1-25-18(24)13-2-4-14(5-3-13)21-15(23)12-27-17-16(19-6-7-20-17)22-8-10-26-11-9-22/h2-7H,8-12H2,1H3,(H,21,23). The second-order valence-corrected chi connectivity index (χ2v) is 7.88. The van der Waals surface area contributed by atoms with Crippen LogP contribution in [-0.2, 0) is 9.53 Å². The van der Waals surface area contributed by atoms with Gasteiger partial charge in [-0.25, -0.2) is 14.8 Å². The maximum atomic E-state index is 12.3. The van der Waals surface area contributed by atoms with Crippen LogP contribution < -0.4 is 10.2 Å². The van der Waals surface area contributed by atoms with Crippen molar-refractivity contribution in [2.45, 2.75) is 5.03 Å². The summed E-state index contributed by atoms with van der Waals surface area (Å²) in [5, 5.41) is 3.58. The number of ether oxygens (including phenoxy) is 1. The molecule has 0 radical (unpaired) electrons. The number of carbonyl (C=O) groups is 2. The molecule has 2 heterocycles. The van der Waals surface area contributed by atoms with Crippen LogP contribution in [0.1, 0.15) is 10.4 Å². The lowest BCUT2D eigenvalue weighted by molar-refractivity contribution is -0.113. The summed E-state index contributed by atoms with van der Waals surface area (Å²) in [5.74, 6) is 2.67. The Hall–Kier alpha value is -2.26. The third-order valence-electron chi connectivity index (χ3n) is 3.89. The van der Waals surface area contributed by atoms with E-state index in [2.05, 4.69) is 24.9 Å². The number of nitrogens with zero attached hydrogens (tertiary/aromatic N) is 3. The zero-order chi connectivity index (χ0) is 19.1. The minimum Gasteiger partial charge on any atom is -0.465 e. The number of benzene rings is 1. The van der Waals surface area contributed by atoms with Crippen molar-refractivity contribution >= 4 is 46.9 Å². The van der Waals surface area contributed by atoms with Gasteiger partial charge >= 0.3 is 5.97 Å². The fourth-order valence-electron chi connectivity index (χ4n) is 2.55. The molecule has 1 N–H and O–H groups in total. The number of hydrogen-bond acceptors (Lipinski definition) is 8. The number of aromatic nitrogens is 2. The van der Waals surface area contributed by atoms with Crippen LogP contribution in [0.4, 0.5) is 11.5 Å². The van der Waals surface area contributed by atoms with E-state index in [1.807, 2.05) is 11.8 Å². The first-order valence-corrected chi connectivity index (χ1v) is 10.6. The SMILES string of the molecule is COC(=O)c1ccc(NC(=O)CSc2nccnc2N2CCSCC2)cc1. The highest BCUT2D eigenvalue weighted by atomic mass is 32.2. The molecule has 0 saturated carbocycles. The molecule has 0 bridgehead atoms. The topological polar surface area (TPSA) is 84.4 Å². The van der Waals surface area contributed by atoms with E-state index in [0.29, 0.717) is 11.3 Å². The second kappa shape index (κ2) is 9.61. The smallest absolute Gasteiger partial charge is 0.337 e. The van der Waals surface area contributed by atoms with E-state index in [4.69, 9.17) is 0 Å². The van der Waals surface area contributed by atoms with E-state index >= 15 is 0 Å². The molecule has 2 aromatic rings. The molecule has 1 aliphatic heterocycles. The Labute approximate surface area is 166 Å². The molecule has 27 heavy (non-hydrogen) atoms. The molecule has 0 aliphatic carbocycles. The lowest BCUT2D eigenvalue weighted by atomic mass is 10.2. The van der Waals surface area contributed by atoms with Gasteiger partial charge < -0.3 is 15.0 Å². The van der Waals surface area contributed by atoms with Crippen molar-refractivity contribution in [3.05, 3.63) is 42.2 Å². The Morgan fingerprint density at radius 3 is 2.59 bits per heavy atom. The van der Waals surface area contributed by atoms with Gasteiger partial charge in [-0.05, 0) is 24.3 Å². The van der Waals surface area contributed by atoms with Crippen LogP contribution in [0.15, 0.2) is 41.7 Å². The second-order valence-electron chi connectivity index (χ2n) is 5.69. The molecule has 1 aromatic heterocycles. The molecule has 3 rings (SSSR count). The Kier molecular flexibility index (Phi) is 6.94. The minimum absolute atomic E-state index is 0.142. The van der Waals surface area contributed by atoms with Crippen molar-refractivity contribution in [3.63, 3.8) is 0 Å². The Morgan fingerprint density at radius 1 is 1.19 bits per heavy atom. The molecule has 142 valence electrons. The van der Waals surface area contributed by atoms with Gasteiger partial charge in [-0.15, -0.1) is 0 Å². The number of rotatable bonds is 6. The quantitative estimate of drug-likeness (QED) is 0.581. The molecule has 1 aliphatic rings. The highest BCUT2D eigenvalue weighted by molar-refractivity contribution is 8.00. The maximum Gasteiger partial charge on any atom is 0.337 e. The van der Waals surface area contributed by atoms with Gasteiger partial charge in [0, 0.05) is 42.7 Å². The number of methoxy groups -OCH3 is 1. The lowest BCUT2D eigenvalue weighted by Gasteiger charge is -2.28. The van der Waals surface area contributed by atoms with E-state index in [0.717, 1.165) is 35.4 Å². The van der Waals surface area contributed by atoms with E-state index in [1.54, 1.807) is 36.7 Å². The Morgan fingerprint density at radius 2 is 1.89 bits per heavy atom. The number of thioether (sulfide) groups is 2. The summed E-state index contributed by atoms with van der Waals surface area (Å²) >= 11 is 3.30. The lowest BCUT2D eigenvalue weighted by Crippen LogP contribution is -2.33. The predicted octanol–water partition coefficient (Wildman–Crippen LogP) is 2.55. The van der Waals surface area contributed by atoms with Crippen LogP contribution in [0.5, 0.6) is 0 Å². The molecule has 0 atom stereocenters. The number of hydrogen-bond donors (Lipinski definition) is 1. The van der Waals surface area contributed by atoms with Gasteiger partial charge in [0.15, 0.2) is 5.82 Å². The van der Waals surface area contributed by atoms with Gasteiger partial charge in [0.2, 0.25) is 5.91 Å². The van der Waals surface area contributed by atoms with Gasteiger partial charge in [0.25, 0.3) is 0 Å². The Balaban J connectivity index is 1.57. The molecule has 1 amide bonds. The number of amides is 1. The van der Waals surface area contributed by atoms with Gasteiger partial charge in [0.05, 0.1) is 18.4 Å². The van der Waals surface area contributed by atoms with Crippen LogP contribution in [0, 0.1) is 0 Å². The average molecular weight is 405 g/mol. The molecule has 9 heteroatoms. The molecular formula is C18H20N4O3S2. The van der Waals surface area contributed by atoms with E-state index in [9.17, 15) is 9.59 Å². The number of anilines is 2. The summed E-state index contributed by atoms with van der Waals surface area (Å²) in [4.78, 5) is 34.8. The summed E-state index contributed by atoms with van der Waals surface area (Å²) in [7, 11) is 1.33. The average Bonchev–Trinajstić information content (AvgIpc) is 2.73. The van der Waals surface area contributed by atoms with Crippen LogP contribution >= 0.6 is 23.5 Å². The van der Waals surface area contributed by atoms with Crippen molar-refractivity contribution in [2.75, 3.05) is 47.7 Å². The number of carbonyl (C=O) groups excluding carboxylic acids is 2. The molecule has 0 spiro atoms. The largest absolute Gasteiger partial charge is 0.465 e. The van der Waals surface area contributed by atoms with Crippen LogP contribution in [0.25, 0.3) is 0 Å². The summed E-state index contributed by atoms with van der Waals surface area (Å²) in [5.41, 5.74) is 1.06. The van der Waals surface area contributed by atoms with Gasteiger partial charge in [-0.3, -0.25) is 4.79 Å². The van der Waals surface area contributed by atoms with E-state index < -0.39 is 5.97 Å². The van der Waals surface area contributed by atoms with Crippen molar-refractivity contribution in [3.8, 4) is 0 Å². The molecule has 1 fully saturated rings. The monoisotopic (exact) mass is 404 g/mol. The van der Waals surface area contributed by atoms with Crippen molar-refractivity contribution < 1.29 is 14.3 Å². The summed E-state index contributed by atoms with van der Waals surface area (Å²) in [6.07, 6.45) is 3.33. The number of esters is 1. The highest BCUT2D eigenvalue weighted by Crippen LogP contribution is 2.27. The molecule has 1 aromatic carbocycles. The predicted molar refractivity (Wildman–Crippen MR) is 109 cm³/mol. The maximum absolute atomic E-state index is 12.3. The first-order valence-electron chi connectivity index (χ1n) is 8.42. The van der Waals surface area contributed by atoms with E-state index in [1.165, 1.54) is 18.9 Å². The third-order valence-corrected chi connectivity index (χ3v) is 5.80. The highest BCUT2D eigenvalue weighted by Gasteiger charge is 2.18. The fraction of sp³-hybridized carbons (Fsp3) is 0.333. The zero-order valence-electron chi connectivity index (χ0n) is 14.9. The van der Waals surface area contributed by atoms with Gasteiger partial charge in [-0.1, -0.05) is 11.8 Å². The van der Waals surface area contributed by atoms with Gasteiger partial charge in [-0.2, -0.15) is 11.8 Å². The molecule has 0 unspecified atom stereocenters. The van der Waals surface area contributed by atoms with Crippen LogP contribution in [-0.4, -0.2) is 59.3 Å². The summed E-state index contributed by atoms with van der Waals surface area (Å²) in [6, 6.07) is 6.58. The van der Waals surface area contributed by atoms with E-state index in [-0.39, 0.29) is 11.7 Å². The normalized spacial score (nSPS) is 13.9. The Bertz CT molecular complexity index is 795. The minimum atomic E-state index is -0.408. The third kappa shape index (κ3) is 5.36. The van der Waals surface area contributed by atoms with Crippen molar-refractivity contribution in [1.82, 2.24) is 9.97 Å². The molecule has 1 saturated heterocycles. The van der Waals surface area contributed by atoms with Crippen molar-refractivity contribution in [2.24, 2.45) is 0 Å². The zero-order valence-corrected chi connectivity index (χ0v) is 16.5. The van der Waals surface area contributed by atoms with Crippen LogP contribution in [0.3, 0.4) is 0 Å². The first kappa shape index (κ1) is 19.5. The molecule has 7 nitrogen and oxygen atoms in total. The number of nitrogens with one attached hydrogen (secondary N) is 1. The van der Waals surface area contributed by atoms with Crippen LogP contribution in [0.2, 0.25) is 0 Å².